The second-order valence-corrected chi connectivity index (χ2v) is 11.4. The lowest BCUT2D eigenvalue weighted by atomic mass is 9.82. The molecule has 2 aliphatic rings. The molecule has 3 aromatic rings. The van der Waals surface area contributed by atoms with Gasteiger partial charge in [-0.25, -0.2) is 0 Å². The molecule has 5 rings (SSSR count). The number of hydrogen-bond acceptors (Lipinski definition) is 4. The number of ether oxygens (including phenoxy) is 2. The van der Waals surface area contributed by atoms with E-state index in [1.807, 2.05) is 24.3 Å². The first-order chi connectivity index (χ1) is 19.0. The molecule has 39 heavy (non-hydrogen) atoms. The van der Waals surface area contributed by atoms with Crippen molar-refractivity contribution in [2.24, 2.45) is 0 Å². The van der Waals surface area contributed by atoms with E-state index in [9.17, 15) is 4.79 Å². The van der Waals surface area contributed by atoms with E-state index in [1.54, 1.807) is 14.2 Å². The number of methoxy groups -OCH3 is 2. The first-order valence-electron chi connectivity index (χ1n) is 13.7. The highest BCUT2D eigenvalue weighted by atomic mass is 79.9. The topological polar surface area (TPSA) is 42.0 Å². The number of nitrogens with zero attached hydrogens (tertiary/aromatic N) is 2. The van der Waals surface area contributed by atoms with Crippen LogP contribution in [0.4, 0.5) is 0 Å². The third-order valence-corrected chi connectivity index (χ3v) is 8.93. The minimum atomic E-state index is -0.161. The van der Waals surface area contributed by atoms with Crippen molar-refractivity contribution in [1.29, 1.82) is 0 Å². The normalized spacial score (nSPS) is 20.7. The Labute approximate surface area is 240 Å². The molecule has 0 unspecified atom stereocenters. The molecule has 1 fully saturated rings. The number of rotatable bonds is 10. The summed E-state index contributed by atoms with van der Waals surface area (Å²) in [6.45, 7) is 2.15. The predicted octanol–water partition coefficient (Wildman–Crippen LogP) is 6.79. The second-order valence-electron chi connectivity index (χ2n) is 10.6. The molecule has 0 aromatic heterocycles. The molecule has 204 valence electrons. The van der Waals surface area contributed by atoms with Crippen molar-refractivity contribution in [2.75, 3.05) is 20.8 Å². The molecule has 1 spiro atoms. The molecule has 1 aliphatic heterocycles. The Morgan fingerprint density at radius 2 is 1.54 bits per heavy atom. The number of halogens is 1. The van der Waals surface area contributed by atoms with Gasteiger partial charge in [-0.3, -0.25) is 9.69 Å². The van der Waals surface area contributed by atoms with Crippen molar-refractivity contribution < 1.29 is 14.3 Å². The lowest BCUT2D eigenvalue weighted by molar-refractivity contribution is -0.135. The van der Waals surface area contributed by atoms with Gasteiger partial charge < -0.3 is 14.4 Å². The molecular weight excluding hydrogens is 552 g/mol. The van der Waals surface area contributed by atoms with Crippen LogP contribution in [0.5, 0.6) is 11.5 Å². The maximum absolute atomic E-state index is 14.3. The van der Waals surface area contributed by atoms with Crippen molar-refractivity contribution in [1.82, 2.24) is 9.80 Å². The summed E-state index contributed by atoms with van der Waals surface area (Å²) in [5, 5.41) is 0. The van der Waals surface area contributed by atoms with Crippen molar-refractivity contribution >= 4 is 21.8 Å². The summed E-state index contributed by atoms with van der Waals surface area (Å²) in [4.78, 5) is 18.9. The first-order valence-corrected chi connectivity index (χ1v) is 14.5. The minimum Gasteiger partial charge on any atom is -0.493 e. The average molecular weight is 590 g/mol. The Morgan fingerprint density at radius 1 is 0.923 bits per heavy atom. The number of benzene rings is 3. The van der Waals surface area contributed by atoms with Crippen LogP contribution in [0.1, 0.15) is 42.4 Å². The third kappa shape index (κ3) is 6.07. The van der Waals surface area contributed by atoms with Crippen LogP contribution in [0.15, 0.2) is 89.4 Å². The molecule has 1 heterocycles. The van der Waals surface area contributed by atoms with E-state index in [1.165, 1.54) is 11.1 Å². The molecule has 1 saturated heterocycles. The van der Waals surface area contributed by atoms with E-state index in [2.05, 4.69) is 86.4 Å². The average Bonchev–Trinajstić information content (AvgIpc) is 3.23. The van der Waals surface area contributed by atoms with Gasteiger partial charge in [-0.1, -0.05) is 88.7 Å². The fourth-order valence-electron chi connectivity index (χ4n) is 6.14. The first kappa shape index (κ1) is 27.5. The molecular formula is C33H37BrN2O3. The van der Waals surface area contributed by atoms with E-state index in [0.717, 1.165) is 55.2 Å². The van der Waals surface area contributed by atoms with Gasteiger partial charge in [-0.15, -0.1) is 0 Å². The van der Waals surface area contributed by atoms with Gasteiger partial charge in [-0.05, 0) is 60.9 Å². The lowest BCUT2D eigenvalue weighted by Gasteiger charge is -2.39. The molecule has 0 saturated carbocycles. The summed E-state index contributed by atoms with van der Waals surface area (Å²) in [6.07, 6.45) is 9.05. The van der Waals surface area contributed by atoms with Crippen molar-refractivity contribution in [2.45, 2.75) is 56.8 Å². The predicted molar refractivity (Wildman–Crippen MR) is 159 cm³/mol. The van der Waals surface area contributed by atoms with Crippen LogP contribution in [0.2, 0.25) is 0 Å². The van der Waals surface area contributed by atoms with Crippen LogP contribution in [-0.2, 0) is 24.3 Å². The fraction of sp³-hybridized carbons (Fsp3) is 0.364. The van der Waals surface area contributed by atoms with Crippen LogP contribution in [-0.4, -0.2) is 48.1 Å². The largest absolute Gasteiger partial charge is 0.493 e. The number of carbonyl (C=O) groups is 1. The SMILES string of the molecule is COc1cc(Br)c(CCN2C(=O)[C@@H](N(Cc3ccccc3)Cc3ccccc3)C[C@]23CC=CCC3)cc1OC. The van der Waals surface area contributed by atoms with E-state index in [-0.39, 0.29) is 17.5 Å². The van der Waals surface area contributed by atoms with Gasteiger partial charge in [0, 0.05) is 29.6 Å². The van der Waals surface area contributed by atoms with Gasteiger partial charge in [0.25, 0.3) is 0 Å². The molecule has 0 radical (unpaired) electrons. The van der Waals surface area contributed by atoms with Crippen LogP contribution >= 0.6 is 15.9 Å². The Bertz CT molecular complexity index is 1260. The highest BCUT2D eigenvalue weighted by Gasteiger charge is 2.51. The van der Waals surface area contributed by atoms with Crippen molar-refractivity contribution in [3.05, 3.63) is 106 Å². The van der Waals surface area contributed by atoms with Crippen LogP contribution in [0.3, 0.4) is 0 Å². The third-order valence-electron chi connectivity index (χ3n) is 8.19. The number of carbonyl (C=O) groups excluding carboxylic acids is 1. The summed E-state index contributed by atoms with van der Waals surface area (Å²) in [5.74, 6) is 1.64. The zero-order valence-electron chi connectivity index (χ0n) is 22.8. The fourth-order valence-corrected chi connectivity index (χ4v) is 6.66. The molecule has 1 amide bonds. The van der Waals surface area contributed by atoms with E-state index < -0.39 is 0 Å². The summed E-state index contributed by atoms with van der Waals surface area (Å²) in [5.41, 5.74) is 3.42. The molecule has 6 heteroatoms. The zero-order valence-corrected chi connectivity index (χ0v) is 24.4. The van der Waals surface area contributed by atoms with Gasteiger partial charge in [0.05, 0.1) is 20.3 Å². The number of likely N-dealkylation sites (tertiary alicyclic amines) is 1. The van der Waals surface area contributed by atoms with Crippen molar-refractivity contribution in [3.8, 4) is 11.5 Å². The quantitative estimate of drug-likeness (QED) is 0.244. The Hall–Kier alpha value is -3.09. The summed E-state index contributed by atoms with van der Waals surface area (Å²) >= 11 is 3.71. The Kier molecular flexibility index (Phi) is 8.73. The highest BCUT2D eigenvalue weighted by molar-refractivity contribution is 9.10. The maximum Gasteiger partial charge on any atom is 0.240 e. The maximum atomic E-state index is 14.3. The zero-order chi connectivity index (χ0) is 27.2. The van der Waals surface area contributed by atoms with Gasteiger partial charge in [0.1, 0.15) is 0 Å². The molecule has 1 aliphatic carbocycles. The summed E-state index contributed by atoms with van der Waals surface area (Å²) in [6, 6.07) is 24.8. The van der Waals surface area contributed by atoms with Gasteiger partial charge in [0.2, 0.25) is 5.91 Å². The number of amides is 1. The van der Waals surface area contributed by atoms with Crippen LogP contribution in [0.25, 0.3) is 0 Å². The second kappa shape index (κ2) is 12.4. The molecule has 3 aromatic carbocycles. The van der Waals surface area contributed by atoms with E-state index >= 15 is 0 Å². The van der Waals surface area contributed by atoms with Gasteiger partial charge >= 0.3 is 0 Å². The van der Waals surface area contributed by atoms with Crippen LogP contribution < -0.4 is 9.47 Å². The number of hydrogen-bond donors (Lipinski definition) is 0. The molecule has 0 bridgehead atoms. The Morgan fingerprint density at radius 3 is 2.10 bits per heavy atom. The molecule has 5 nitrogen and oxygen atoms in total. The molecule has 0 N–H and O–H groups in total. The number of allylic oxidation sites excluding steroid dienone is 1. The van der Waals surface area contributed by atoms with Gasteiger partial charge in [-0.2, -0.15) is 0 Å². The van der Waals surface area contributed by atoms with Gasteiger partial charge in [0.15, 0.2) is 11.5 Å². The summed E-state index contributed by atoms with van der Waals surface area (Å²) in [7, 11) is 3.30. The van der Waals surface area contributed by atoms with E-state index in [0.29, 0.717) is 18.0 Å². The highest BCUT2D eigenvalue weighted by Crippen LogP contribution is 2.43. The van der Waals surface area contributed by atoms with E-state index in [4.69, 9.17) is 9.47 Å². The summed E-state index contributed by atoms with van der Waals surface area (Å²) < 4.78 is 12.0. The standard InChI is InChI=1S/C33H37BrN2O3/c1-38-30-20-27(28(34)21-31(30)39-2)16-19-36-32(37)29(22-33(36)17-10-5-11-18-33)35(23-25-12-6-3-7-13-25)24-26-14-8-4-9-15-26/h3-10,12-15,20-21,29H,11,16-19,22-24H2,1-2H3/t29-,33+/m0/s1. The smallest absolute Gasteiger partial charge is 0.240 e. The lowest BCUT2D eigenvalue weighted by Crippen LogP contribution is -2.47. The monoisotopic (exact) mass is 588 g/mol. The van der Waals surface area contributed by atoms with Crippen LogP contribution in [0, 0.1) is 0 Å². The molecule has 2 atom stereocenters. The minimum absolute atomic E-state index is 0.148. The Balaban J connectivity index is 1.43. The van der Waals surface area contributed by atoms with Crippen molar-refractivity contribution in [3.63, 3.8) is 0 Å².